The number of hydrogen-bond donors (Lipinski definition) is 1. The number of hydrogen-bond acceptors (Lipinski definition) is 4. The van der Waals surface area contributed by atoms with Gasteiger partial charge in [-0.05, 0) is 45.1 Å². The smallest absolute Gasteiger partial charge is 0.163 e. The molecule has 1 aromatic rings. The lowest BCUT2D eigenvalue weighted by atomic mass is 10.0. The van der Waals surface area contributed by atoms with Crippen molar-refractivity contribution in [3.05, 3.63) is 48.0 Å². The molecule has 1 aliphatic rings. The topological polar surface area (TPSA) is 47.9 Å². The maximum Gasteiger partial charge on any atom is 0.163 e. The highest BCUT2D eigenvalue weighted by molar-refractivity contribution is 5.13. The summed E-state index contributed by atoms with van der Waals surface area (Å²) in [6.45, 7) is 5.41. The molecule has 1 aromatic carbocycles. The van der Waals surface area contributed by atoms with Gasteiger partial charge in [-0.15, -0.1) is 0 Å². The van der Waals surface area contributed by atoms with Crippen molar-refractivity contribution < 1.29 is 19.3 Å². The number of allylic oxidation sites excluding steroid dienone is 1. The first kappa shape index (κ1) is 19.1. The Labute approximate surface area is 145 Å². The Bertz CT molecular complexity index is 484. The Balaban J connectivity index is 1.67. The van der Waals surface area contributed by atoms with Gasteiger partial charge in [0.1, 0.15) is 0 Å². The Morgan fingerprint density at radius 2 is 1.79 bits per heavy atom. The number of aliphatic hydroxyl groups is 1. The largest absolute Gasteiger partial charge is 0.392 e. The first-order chi connectivity index (χ1) is 11.6. The summed E-state index contributed by atoms with van der Waals surface area (Å²) in [5.41, 5.74) is 1.20. The number of ether oxygens (including phenoxy) is 3. The minimum Gasteiger partial charge on any atom is -0.392 e. The van der Waals surface area contributed by atoms with Crippen LogP contribution in [-0.2, 0) is 20.8 Å². The van der Waals surface area contributed by atoms with E-state index in [-0.39, 0.29) is 18.8 Å². The van der Waals surface area contributed by atoms with Crippen molar-refractivity contribution in [1.82, 2.24) is 0 Å². The molecule has 134 valence electrons. The van der Waals surface area contributed by atoms with Gasteiger partial charge in [0.2, 0.25) is 0 Å². The fourth-order valence-corrected chi connectivity index (χ4v) is 3.00. The van der Waals surface area contributed by atoms with Gasteiger partial charge >= 0.3 is 0 Å². The van der Waals surface area contributed by atoms with Crippen LogP contribution in [-0.4, -0.2) is 36.3 Å². The summed E-state index contributed by atoms with van der Waals surface area (Å²) in [6, 6.07) is 10.2. The molecular weight excluding hydrogens is 304 g/mol. The molecule has 1 N–H and O–H groups in total. The summed E-state index contributed by atoms with van der Waals surface area (Å²) in [4.78, 5) is 0. The zero-order valence-electron chi connectivity index (χ0n) is 14.8. The lowest BCUT2D eigenvalue weighted by Gasteiger charge is -2.16. The standard InChI is InChI=1S/C20H30O4/c1-20(2)23-18(12-7-4-8-14-21)19(24-20)13-9-15-22-16-17-10-5-3-6-11-17/h3-6,8,10-11,18-19,21H,7,9,12-16H2,1-2H3/b8-4+/t18-,19+/m1/s1. The van der Waals surface area contributed by atoms with Crippen LogP contribution in [0.5, 0.6) is 0 Å². The van der Waals surface area contributed by atoms with Gasteiger partial charge in [-0.2, -0.15) is 0 Å². The molecule has 0 amide bonds. The number of rotatable bonds is 10. The van der Waals surface area contributed by atoms with Crippen LogP contribution in [0.3, 0.4) is 0 Å². The monoisotopic (exact) mass is 334 g/mol. The van der Waals surface area contributed by atoms with Crippen molar-refractivity contribution in [3.8, 4) is 0 Å². The molecule has 2 rings (SSSR count). The van der Waals surface area contributed by atoms with Crippen LogP contribution >= 0.6 is 0 Å². The molecule has 1 saturated heterocycles. The van der Waals surface area contributed by atoms with E-state index >= 15 is 0 Å². The van der Waals surface area contributed by atoms with Gasteiger partial charge in [-0.25, -0.2) is 0 Å². The van der Waals surface area contributed by atoms with E-state index in [1.165, 1.54) is 5.56 Å². The van der Waals surface area contributed by atoms with E-state index in [4.69, 9.17) is 19.3 Å². The molecule has 4 nitrogen and oxygen atoms in total. The summed E-state index contributed by atoms with van der Waals surface area (Å²) in [7, 11) is 0. The summed E-state index contributed by atoms with van der Waals surface area (Å²) < 4.78 is 17.8. The summed E-state index contributed by atoms with van der Waals surface area (Å²) in [6.07, 6.45) is 7.69. The first-order valence-corrected chi connectivity index (χ1v) is 8.84. The maximum absolute atomic E-state index is 8.79. The van der Waals surface area contributed by atoms with Crippen LogP contribution in [0.25, 0.3) is 0 Å². The van der Waals surface area contributed by atoms with Gasteiger partial charge in [-0.1, -0.05) is 42.5 Å². The van der Waals surface area contributed by atoms with Gasteiger partial charge in [0.25, 0.3) is 0 Å². The molecule has 4 heteroatoms. The van der Waals surface area contributed by atoms with E-state index in [9.17, 15) is 0 Å². The Morgan fingerprint density at radius 3 is 2.50 bits per heavy atom. The van der Waals surface area contributed by atoms with Gasteiger partial charge in [0, 0.05) is 6.61 Å². The van der Waals surface area contributed by atoms with Crippen LogP contribution < -0.4 is 0 Å². The van der Waals surface area contributed by atoms with E-state index in [0.717, 1.165) is 32.3 Å². The van der Waals surface area contributed by atoms with Gasteiger partial charge in [0.15, 0.2) is 5.79 Å². The van der Waals surface area contributed by atoms with Crippen molar-refractivity contribution in [2.24, 2.45) is 0 Å². The molecule has 0 aromatic heterocycles. The highest BCUT2D eigenvalue weighted by Gasteiger charge is 2.40. The second-order valence-corrected chi connectivity index (χ2v) is 6.62. The lowest BCUT2D eigenvalue weighted by Crippen LogP contribution is -2.22. The lowest BCUT2D eigenvalue weighted by molar-refractivity contribution is -0.147. The highest BCUT2D eigenvalue weighted by atomic mass is 16.7. The predicted molar refractivity (Wildman–Crippen MR) is 94.6 cm³/mol. The van der Waals surface area contributed by atoms with Gasteiger partial charge in [-0.3, -0.25) is 0 Å². The Kier molecular flexibility index (Phi) is 7.92. The second-order valence-electron chi connectivity index (χ2n) is 6.62. The SMILES string of the molecule is CC1(C)O[C@@H](CCCOCc2ccccc2)[C@@H](CC/C=C/CO)O1. The summed E-state index contributed by atoms with van der Waals surface area (Å²) in [5, 5.41) is 8.79. The van der Waals surface area contributed by atoms with Crippen molar-refractivity contribution in [2.75, 3.05) is 13.2 Å². The molecular formula is C20H30O4. The average molecular weight is 334 g/mol. The third-order valence-corrected chi connectivity index (χ3v) is 4.06. The molecule has 0 bridgehead atoms. The van der Waals surface area contributed by atoms with E-state index in [1.807, 2.05) is 38.1 Å². The van der Waals surface area contributed by atoms with E-state index < -0.39 is 5.79 Å². The zero-order chi connectivity index (χ0) is 17.3. The Hall–Kier alpha value is -1.20. The number of aliphatic hydroxyl groups excluding tert-OH is 1. The first-order valence-electron chi connectivity index (χ1n) is 8.84. The quantitative estimate of drug-likeness (QED) is 0.522. The molecule has 24 heavy (non-hydrogen) atoms. The predicted octanol–water partition coefficient (Wildman–Crippen LogP) is 3.83. The second kappa shape index (κ2) is 9.94. The normalized spacial score (nSPS) is 23.1. The van der Waals surface area contributed by atoms with Crippen LogP contribution in [0.15, 0.2) is 42.5 Å². The molecule has 0 unspecified atom stereocenters. The molecule has 0 saturated carbocycles. The molecule has 1 heterocycles. The minimum atomic E-state index is -0.513. The molecule has 1 aliphatic heterocycles. The Morgan fingerprint density at radius 1 is 1.08 bits per heavy atom. The maximum atomic E-state index is 8.79. The third kappa shape index (κ3) is 6.73. The molecule has 0 spiro atoms. The van der Waals surface area contributed by atoms with Crippen molar-refractivity contribution in [3.63, 3.8) is 0 Å². The van der Waals surface area contributed by atoms with Crippen molar-refractivity contribution in [1.29, 1.82) is 0 Å². The summed E-state index contributed by atoms with van der Waals surface area (Å²) in [5.74, 6) is -0.513. The fraction of sp³-hybridized carbons (Fsp3) is 0.600. The van der Waals surface area contributed by atoms with E-state index in [2.05, 4.69) is 12.1 Å². The summed E-state index contributed by atoms with van der Waals surface area (Å²) >= 11 is 0. The fourth-order valence-electron chi connectivity index (χ4n) is 3.00. The molecule has 2 atom stereocenters. The highest BCUT2D eigenvalue weighted by Crippen LogP contribution is 2.32. The molecule has 0 aliphatic carbocycles. The minimum absolute atomic E-state index is 0.0930. The van der Waals surface area contributed by atoms with Gasteiger partial charge < -0.3 is 19.3 Å². The average Bonchev–Trinajstić information content (AvgIpc) is 2.86. The third-order valence-electron chi connectivity index (χ3n) is 4.06. The molecule has 1 fully saturated rings. The zero-order valence-corrected chi connectivity index (χ0v) is 14.8. The van der Waals surface area contributed by atoms with Gasteiger partial charge in [0.05, 0.1) is 25.4 Å². The van der Waals surface area contributed by atoms with Crippen molar-refractivity contribution >= 4 is 0 Å². The van der Waals surface area contributed by atoms with Crippen LogP contribution in [0, 0.1) is 0 Å². The van der Waals surface area contributed by atoms with Crippen LogP contribution in [0.4, 0.5) is 0 Å². The number of benzene rings is 1. The van der Waals surface area contributed by atoms with E-state index in [0.29, 0.717) is 6.61 Å². The van der Waals surface area contributed by atoms with Crippen LogP contribution in [0.1, 0.15) is 45.1 Å². The molecule has 0 radical (unpaired) electrons. The van der Waals surface area contributed by atoms with Crippen molar-refractivity contribution in [2.45, 2.75) is 64.1 Å². The van der Waals surface area contributed by atoms with E-state index in [1.54, 1.807) is 6.08 Å². The van der Waals surface area contributed by atoms with Crippen LogP contribution in [0.2, 0.25) is 0 Å².